The van der Waals surface area contributed by atoms with Crippen LogP contribution in [-0.2, 0) is 9.47 Å². The number of hydrogen-bond donors (Lipinski definition) is 3. The molecule has 1 aromatic rings. The Morgan fingerprint density at radius 1 is 1.23 bits per heavy atom. The van der Waals surface area contributed by atoms with E-state index in [1.54, 1.807) is 26.0 Å². The summed E-state index contributed by atoms with van der Waals surface area (Å²) in [6, 6.07) is 4.58. The molecule has 7 nitrogen and oxygen atoms in total. The average molecular weight is 318 g/mol. The molecule has 0 unspecified atom stereocenters. The van der Waals surface area contributed by atoms with Crippen LogP contribution in [0.25, 0.3) is 0 Å². The molecule has 22 heavy (non-hydrogen) atoms. The van der Waals surface area contributed by atoms with Gasteiger partial charge >= 0.3 is 18.3 Å². The first-order chi connectivity index (χ1) is 10.2. The molecule has 0 heterocycles. The molecule has 0 saturated carbocycles. The lowest BCUT2D eigenvalue weighted by Gasteiger charge is -2.13. The Kier molecular flexibility index (Phi) is 6.05. The fourth-order valence-electron chi connectivity index (χ4n) is 1.42. The molecule has 0 bridgehead atoms. The summed E-state index contributed by atoms with van der Waals surface area (Å²) in [6.07, 6.45) is -5.93. The van der Waals surface area contributed by atoms with E-state index in [9.17, 15) is 18.4 Å². The molecule has 0 aliphatic heterocycles. The van der Waals surface area contributed by atoms with Gasteiger partial charge in [-0.2, -0.15) is 8.78 Å². The molecule has 0 spiro atoms. The van der Waals surface area contributed by atoms with Crippen LogP contribution in [0, 0.1) is 6.92 Å². The van der Waals surface area contributed by atoms with Gasteiger partial charge in [-0.05, 0) is 31.5 Å². The molecule has 0 aromatic heterocycles. The SMILES string of the molecule is CCOC(=O)Nc1ccc(C)c(NC(=O)OCC(O)(F)F)c1. The van der Waals surface area contributed by atoms with Crippen LogP contribution < -0.4 is 10.6 Å². The van der Waals surface area contributed by atoms with Crippen molar-refractivity contribution in [1.82, 2.24) is 0 Å². The van der Waals surface area contributed by atoms with Crippen molar-refractivity contribution in [3.05, 3.63) is 23.8 Å². The van der Waals surface area contributed by atoms with Crippen molar-refractivity contribution >= 4 is 23.6 Å². The summed E-state index contributed by atoms with van der Waals surface area (Å²) in [6.45, 7) is 2.04. The molecule has 0 aliphatic rings. The van der Waals surface area contributed by atoms with Crippen LogP contribution in [-0.4, -0.2) is 36.6 Å². The van der Waals surface area contributed by atoms with Crippen LogP contribution in [0.4, 0.5) is 29.7 Å². The number of anilines is 2. The van der Waals surface area contributed by atoms with Gasteiger partial charge in [0.05, 0.1) is 6.61 Å². The highest BCUT2D eigenvalue weighted by Gasteiger charge is 2.26. The van der Waals surface area contributed by atoms with E-state index >= 15 is 0 Å². The van der Waals surface area contributed by atoms with Crippen LogP contribution in [0.1, 0.15) is 12.5 Å². The summed E-state index contributed by atoms with van der Waals surface area (Å²) in [5.41, 5.74) is 1.20. The lowest BCUT2D eigenvalue weighted by molar-refractivity contribution is -0.220. The van der Waals surface area contributed by atoms with E-state index in [0.29, 0.717) is 11.3 Å². The van der Waals surface area contributed by atoms with Crippen molar-refractivity contribution in [3.8, 4) is 0 Å². The van der Waals surface area contributed by atoms with Gasteiger partial charge in [-0.3, -0.25) is 10.6 Å². The van der Waals surface area contributed by atoms with Gasteiger partial charge in [0.25, 0.3) is 0 Å². The van der Waals surface area contributed by atoms with Crippen molar-refractivity contribution in [3.63, 3.8) is 0 Å². The van der Waals surface area contributed by atoms with Crippen molar-refractivity contribution in [2.45, 2.75) is 20.0 Å². The molecule has 0 atom stereocenters. The molecule has 1 aromatic carbocycles. The van der Waals surface area contributed by atoms with Gasteiger partial charge in [0.2, 0.25) is 0 Å². The quantitative estimate of drug-likeness (QED) is 0.775. The Morgan fingerprint density at radius 3 is 2.45 bits per heavy atom. The van der Waals surface area contributed by atoms with E-state index in [1.165, 1.54) is 6.07 Å². The first kappa shape index (κ1) is 17.6. The van der Waals surface area contributed by atoms with Gasteiger partial charge < -0.3 is 14.6 Å². The highest BCUT2D eigenvalue weighted by Crippen LogP contribution is 2.21. The molecular formula is C13H16F2N2O5. The minimum Gasteiger partial charge on any atom is -0.450 e. The summed E-state index contributed by atoms with van der Waals surface area (Å²) < 4.78 is 33.2. The highest BCUT2D eigenvalue weighted by atomic mass is 19.3. The van der Waals surface area contributed by atoms with Gasteiger partial charge in [-0.15, -0.1) is 0 Å². The summed E-state index contributed by atoms with van der Waals surface area (Å²) in [7, 11) is 0. The van der Waals surface area contributed by atoms with E-state index in [-0.39, 0.29) is 12.3 Å². The molecule has 0 saturated heterocycles. The Bertz CT molecular complexity index is 546. The third kappa shape index (κ3) is 6.35. The Morgan fingerprint density at radius 2 is 1.86 bits per heavy atom. The predicted octanol–water partition coefficient (Wildman–Crippen LogP) is 2.70. The van der Waals surface area contributed by atoms with Gasteiger partial charge in [0, 0.05) is 11.4 Å². The van der Waals surface area contributed by atoms with Crippen LogP contribution in [0.2, 0.25) is 0 Å². The van der Waals surface area contributed by atoms with Crippen LogP contribution in [0.3, 0.4) is 0 Å². The van der Waals surface area contributed by atoms with Gasteiger partial charge in [-0.1, -0.05) is 6.07 Å². The van der Waals surface area contributed by atoms with Gasteiger partial charge in [-0.25, -0.2) is 9.59 Å². The molecule has 2 amide bonds. The zero-order chi connectivity index (χ0) is 16.8. The van der Waals surface area contributed by atoms with Gasteiger partial charge in [0.15, 0.2) is 6.61 Å². The smallest absolute Gasteiger partial charge is 0.411 e. The normalized spacial score (nSPS) is 10.8. The number of amides is 2. The zero-order valence-corrected chi connectivity index (χ0v) is 12.0. The molecule has 0 fully saturated rings. The van der Waals surface area contributed by atoms with Crippen molar-refractivity contribution in [2.24, 2.45) is 0 Å². The van der Waals surface area contributed by atoms with Crippen molar-refractivity contribution in [2.75, 3.05) is 23.8 Å². The Hall–Kier alpha value is -2.42. The second-order valence-electron chi connectivity index (χ2n) is 4.24. The number of halogens is 2. The maximum atomic E-state index is 12.2. The first-order valence-electron chi connectivity index (χ1n) is 6.29. The topological polar surface area (TPSA) is 96.9 Å². The summed E-state index contributed by atoms with van der Waals surface area (Å²) in [4.78, 5) is 22.6. The molecule has 0 aliphatic carbocycles. The monoisotopic (exact) mass is 318 g/mol. The number of alkyl halides is 2. The maximum absolute atomic E-state index is 12.2. The predicted molar refractivity (Wildman–Crippen MR) is 74.0 cm³/mol. The third-order valence-corrected chi connectivity index (χ3v) is 2.37. The lowest BCUT2D eigenvalue weighted by Crippen LogP contribution is -2.27. The average Bonchev–Trinajstić information content (AvgIpc) is 2.40. The molecular weight excluding hydrogens is 302 g/mol. The standard InChI is InChI=1S/C13H16F2N2O5/c1-3-21-11(18)16-9-5-4-8(2)10(6-9)17-12(19)22-7-13(14,15)20/h4-6,20H,3,7H2,1-2H3,(H,16,18)(H,17,19). The van der Waals surface area contributed by atoms with Crippen LogP contribution in [0.15, 0.2) is 18.2 Å². The van der Waals surface area contributed by atoms with E-state index in [2.05, 4.69) is 15.4 Å². The van der Waals surface area contributed by atoms with Crippen molar-refractivity contribution < 1.29 is 33.0 Å². The summed E-state index contributed by atoms with van der Waals surface area (Å²) in [5, 5.41) is 12.8. The minimum absolute atomic E-state index is 0.199. The van der Waals surface area contributed by atoms with E-state index in [1.807, 2.05) is 0 Å². The number of rotatable bonds is 5. The van der Waals surface area contributed by atoms with E-state index in [0.717, 1.165) is 0 Å². The number of benzene rings is 1. The second-order valence-corrected chi connectivity index (χ2v) is 4.24. The molecule has 1 rings (SSSR count). The summed E-state index contributed by atoms with van der Waals surface area (Å²) in [5.74, 6) is 0. The highest BCUT2D eigenvalue weighted by molar-refractivity contribution is 5.89. The zero-order valence-electron chi connectivity index (χ0n) is 12.0. The summed E-state index contributed by atoms with van der Waals surface area (Å²) >= 11 is 0. The molecule has 0 radical (unpaired) electrons. The molecule has 9 heteroatoms. The fraction of sp³-hybridized carbons (Fsp3) is 0.385. The Labute approximate surface area is 125 Å². The molecule has 122 valence electrons. The number of aryl methyl sites for hydroxylation is 1. The number of carbonyl (C=O) groups excluding carboxylic acids is 2. The van der Waals surface area contributed by atoms with E-state index < -0.39 is 24.9 Å². The fourth-order valence-corrected chi connectivity index (χ4v) is 1.42. The number of hydrogen-bond acceptors (Lipinski definition) is 5. The molecule has 3 N–H and O–H groups in total. The third-order valence-electron chi connectivity index (χ3n) is 2.37. The lowest BCUT2D eigenvalue weighted by atomic mass is 10.2. The Balaban J connectivity index is 2.69. The van der Waals surface area contributed by atoms with Crippen LogP contribution >= 0.6 is 0 Å². The van der Waals surface area contributed by atoms with Gasteiger partial charge in [0.1, 0.15) is 0 Å². The second kappa shape index (κ2) is 7.55. The number of ether oxygens (including phenoxy) is 2. The first-order valence-corrected chi connectivity index (χ1v) is 6.29. The number of aliphatic hydroxyl groups is 1. The number of nitrogens with one attached hydrogen (secondary N) is 2. The largest absolute Gasteiger partial charge is 0.450 e. The number of carbonyl (C=O) groups is 2. The van der Waals surface area contributed by atoms with Crippen molar-refractivity contribution in [1.29, 1.82) is 0 Å². The van der Waals surface area contributed by atoms with E-state index in [4.69, 9.17) is 9.84 Å². The van der Waals surface area contributed by atoms with Crippen LogP contribution in [0.5, 0.6) is 0 Å². The maximum Gasteiger partial charge on any atom is 0.411 e. The minimum atomic E-state index is -4.10.